The van der Waals surface area contributed by atoms with Crippen molar-refractivity contribution in [1.82, 2.24) is 19.1 Å². The number of hydrogen-bond acceptors (Lipinski definition) is 5. The molecule has 0 aliphatic heterocycles. The number of fused-ring (bicyclic) bond motifs is 1. The lowest BCUT2D eigenvalue weighted by Gasteiger charge is -2.06. The van der Waals surface area contributed by atoms with Crippen LogP contribution in [0.1, 0.15) is 11.1 Å². The van der Waals surface area contributed by atoms with Gasteiger partial charge in [-0.1, -0.05) is 12.1 Å². The third-order valence-corrected chi connectivity index (χ3v) is 5.41. The summed E-state index contributed by atoms with van der Waals surface area (Å²) >= 11 is 1.25. The molecule has 148 valence electrons. The summed E-state index contributed by atoms with van der Waals surface area (Å²) in [5.74, 6) is -0.631. The van der Waals surface area contributed by atoms with Gasteiger partial charge in [0.15, 0.2) is 5.13 Å². The average molecular weight is 411 g/mol. The molecule has 0 bridgehead atoms. The van der Waals surface area contributed by atoms with E-state index in [1.807, 2.05) is 6.92 Å². The second-order valence-corrected chi connectivity index (χ2v) is 7.71. The summed E-state index contributed by atoms with van der Waals surface area (Å²) in [5.41, 5.74) is 3.40. The molecule has 0 fully saturated rings. The normalized spacial score (nSPS) is 11.2. The monoisotopic (exact) mass is 411 g/mol. The number of anilines is 1. The molecule has 0 unspecified atom stereocenters. The van der Waals surface area contributed by atoms with Crippen molar-refractivity contribution in [1.29, 1.82) is 0 Å². The predicted molar refractivity (Wildman–Crippen MR) is 111 cm³/mol. The van der Waals surface area contributed by atoms with Gasteiger partial charge in [-0.25, -0.2) is 14.4 Å². The molecular formula is C20H18FN5O2S. The van der Waals surface area contributed by atoms with Crippen molar-refractivity contribution in [2.45, 2.75) is 20.4 Å². The first kappa shape index (κ1) is 19.0. The van der Waals surface area contributed by atoms with Crippen molar-refractivity contribution in [3.63, 3.8) is 0 Å². The van der Waals surface area contributed by atoms with Crippen LogP contribution in [-0.4, -0.2) is 25.0 Å². The van der Waals surface area contributed by atoms with E-state index in [0.717, 1.165) is 5.56 Å². The standard InChI is InChI=1S/C20H18FN5O2S/c1-11-4-5-13(6-14(11)21)15-9-29-20(23-15)24-16(27)8-26-10-22-17-12(2)7-25(3)19(28)18(17)26/h4-7,9-10H,8H2,1-3H3,(H,23,24,27). The maximum Gasteiger partial charge on any atom is 0.276 e. The van der Waals surface area contributed by atoms with Crippen LogP contribution < -0.4 is 10.9 Å². The number of benzene rings is 1. The number of carbonyl (C=O) groups excluding carboxylic acids is 1. The number of aryl methyl sites for hydroxylation is 3. The Hall–Kier alpha value is -3.33. The predicted octanol–water partition coefficient (Wildman–Crippen LogP) is 3.25. The minimum absolute atomic E-state index is 0.0662. The number of aromatic nitrogens is 4. The lowest BCUT2D eigenvalue weighted by molar-refractivity contribution is -0.116. The summed E-state index contributed by atoms with van der Waals surface area (Å²) in [7, 11) is 1.66. The van der Waals surface area contributed by atoms with E-state index >= 15 is 0 Å². The summed E-state index contributed by atoms with van der Waals surface area (Å²) < 4.78 is 16.8. The molecule has 4 aromatic rings. The maximum atomic E-state index is 13.8. The number of nitrogens with zero attached hydrogens (tertiary/aromatic N) is 4. The highest BCUT2D eigenvalue weighted by Crippen LogP contribution is 2.26. The fourth-order valence-corrected chi connectivity index (χ4v) is 3.86. The molecule has 0 saturated carbocycles. The van der Waals surface area contributed by atoms with Gasteiger partial charge < -0.3 is 14.5 Å². The first-order valence-electron chi connectivity index (χ1n) is 8.86. The van der Waals surface area contributed by atoms with E-state index in [1.54, 1.807) is 37.7 Å². The van der Waals surface area contributed by atoms with Gasteiger partial charge in [-0.2, -0.15) is 0 Å². The number of halogens is 1. The Balaban J connectivity index is 1.54. The van der Waals surface area contributed by atoms with Crippen molar-refractivity contribution < 1.29 is 9.18 Å². The van der Waals surface area contributed by atoms with E-state index in [2.05, 4.69) is 15.3 Å². The average Bonchev–Trinajstić information content (AvgIpc) is 3.30. The van der Waals surface area contributed by atoms with Gasteiger partial charge in [0.05, 0.1) is 17.5 Å². The van der Waals surface area contributed by atoms with Gasteiger partial charge in [-0.3, -0.25) is 9.59 Å². The number of thiazole rings is 1. The van der Waals surface area contributed by atoms with Gasteiger partial charge in [-0.05, 0) is 31.0 Å². The van der Waals surface area contributed by atoms with Crippen LogP contribution in [0, 0.1) is 19.7 Å². The Labute approximate surface area is 169 Å². The van der Waals surface area contributed by atoms with Gasteiger partial charge >= 0.3 is 0 Å². The van der Waals surface area contributed by atoms with Crippen LogP contribution in [-0.2, 0) is 18.4 Å². The molecule has 0 saturated heterocycles. The van der Waals surface area contributed by atoms with Gasteiger partial charge in [0.2, 0.25) is 5.91 Å². The summed E-state index contributed by atoms with van der Waals surface area (Å²) in [5, 5.41) is 4.88. The molecule has 3 heterocycles. The van der Waals surface area contributed by atoms with Crippen LogP contribution >= 0.6 is 11.3 Å². The molecule has 0 radical (unpaired) electrons. The number of pyridine rings is 1. The molecule has 0 aliphatic rings. The molecule has 0 aliphatic carbocycles. The topological polar surface area (TPSA) is 81.8 Å². The maximum absolute atomic E-state index is 13.8. The van der Waals surface area contributed by atoms with E-state index in [0.29, 0.717) is 33.0 Å². The number of imidazole rings is 1. The SMILES string of the molecule is Cc1ccc(-c2csc(NC(=O)Cn3cnc4c(C)cn(C)c(=O)c43)n2)cc1F. The molecule has 3 aromatic heterocycles. The lowest BCUT2D eigenvalue weighted by Crippen LogP contribution is -2.23. The molecule has 0 spiro atoms. The van der Waals surface area contributed by atoms with E-state index in [1.165, 1.54) is 32.9 Å². The molecule has 7 nitrogen and oxygen atoms in total. The number of amides is 1. The zero-order valence-corrected chi connectivity index (χ0v) is 16.9. The van der Waals surface area contributed by atoms with E-state index in [-0.39, 0.29) is 23.8 Å². The third-order valence-electron chi connectivity index (χ3n) is 4.65. The van der Waals surface area contributed by atoms with E-state index in [9.17, 15) is 14.0 Å². The zero-order valence-electron chi connectivity index (χ0n) is 16.1. The van der Waals surface area contributed by atoms with Crippen LogP contribution in [0.15, 0.2) is 40.9 Å². The molecule has 29 heavy (non-hydrogen) atoms. The molecule has 9 heteroatoms. The number of hydrogen-bond donors (Lipinski definition) is 1. The van der Waals surface area contributed by atoms with Gasteiger partial charge in [0.25, 0.3) is 5.56 Å². The zero-order chi connectivity index (χ0) is 20.7. The molecule has 1 aromatic carbocycles. The number of rotatable bonds is 4. The Morgan fingerprint density at radius 2 is 2.07 bits per heavy atom. The van der Waals surface area contributed by atoms with Gasteiger partial charge in [-0.15, -0.1) is 11.3 Å². The lowest BCUT2D eigenvalue weighted by atomic mass is 10.1. The molecule has 1 amide bonds. The summed E-state index contributed by atoms with van der Waals surface area (Å²) in [6.07, 6.45) is 3.20. The van der Waals surface area contributed by atoms with Crippen LogP contribution in [0.2, 0.25) is 0 Å². The fraction of sp³-hybridized carbons (Fsp3) is 0.200. The van der Waals surface area contributed by atoms with Gasteiger partial charge in [0, 0.05) is 24.2 Å². The molecule has 0 atom stereocenters. The first-order chi connectivity index (χ1) is 13.8. The van der Waals surface area contributed by atoms with Crippen LogP contribution in [0.25, 0.3) is 22.3 Å². The largest absolute Gasteiger partial charge is 0.317 e. The minimum atomic E-state index is -0.330. The van der Waals surface area contributed by atoms with Crippen molar-refractivity contribution in [2.75, 3.05) is 5.32 Å². The van der Waals surface area contributed by atoms with Crippen molar-refractivity contribution in [3.05, 3.63) is 63.4 Å². The number of nitrogens with one attached hydrogen (secondary N) is 1. The Kier molecular flexibility index (Phi) is 4.75. The Bertz CT molecular complexity index is 1300. The Morgan fingerprint density at radius 1 is 1.28 bits per heavy atom. The third kappa shape index (κ3) is 3.56. The van der Waals surface area contributed by atoms with Crippen molar-refractivity contribution in [2.24, 2.45) is 7.05 Å². The van der Waals surface area contributed by atoms with Crippen molar-refractivity contribution >= 4 is 33.4 Å². The van der Waals surface area contributed by atoms with Crippen LogP contribution in [0.5, 0.6) is 0 Å². The second kappa shape index (κ2) is 7.25. The number of carbonyl (C=O) groups is 1. The van der Waals surface area contributed by atoms with Gasteiger partial charge in [0.1, 0.15) is 17.9 Å². The molecule has 1 N–H and O–H groups in total. The van der Waals surface area contributed by atoms with Crippen LogP contribution in [0.4, 0.5) is 9.52 Å². The Morgan fingerprint density at radius 3 is 2.83 bits per heavy atom. The fourth-order valence-electron chi connectivity index (χ4n) is 3.12. The first-order valence-corrected chi connectivity index (χ1v) is 9.74. The van der Waals surface area contributed by atoms with E-state index < -0.39 is 0 Å². The second-order valence-electron chi connectivity index (χ2n) is 6.85. The quantitative estimate of drug-likeness (QED) is 0.559. The van der Waals surface area contributed by atoms with E-state index in [4.69, 9.17) is 0 Å². The summed E-state index contributed by atoms with van der Waals surface area (Å²) in [6, 6.07) is 4.90. The molecular weight excluding hydrogens is 393 g/mol. The minimum Gasteiger partial charge on any atom is -0.317 e. The smallest absolute Gasteiger partial charge is 0.276 e. The molecule has 4 rings (SSSR count). The highest BCUT2D eigenvalue weighted by atomic mass is 32.1. The van der Waals surface area contributed by atoms with Crippen LogP contribution in [0.3, 0.4) is 0 Å². The van der Waals surface area contributed by atoms with Crippen molar-refractivity contribution in [3.8, 4) is 11.3 Å². The summed E-state index contributed by atoms with van der Waals surface area (Å²) in [6.45, 7) is 3.49. The summed E-state index contributed by atoms with van der Waals surface area (Å²) in [4.78, 5) is 33.5. The highest BCUT2D eigenvalue weighted by molar-refractivity contribution is 7.14. The highest BCUT2D eigenvalue weighted by Gasteiger charge is 2.15.